The molecule has 1 heterocycles. The molecule has 0 bridgehead atoms. The largest absolute Gasteiger partial charge is 0.326 e. The summed E-state index contributed by atoms with van der Waals surface area (Å²) >= 11 is 1.79. The number of likely N-dealkylation sites (tertiary alicyclic amines) is 1. The van der Waals surface area contributed by atoms with Crippen molar-refractivity contribution in [2.75, 3.05) is 12.8 Å². The fourth-order valence-corrected chi connectivity index (χ4v) is 3.44. The SMILES string of the molecule is CSc1ccc(C2C(N)CCCCN2C(C)C)cc1. The fourth-order valence-electron chi connectivity index (χ4n) is 3.04. The van der Waals surface area contributed by atoms with Crippen LogP contribution in [0.4, 0.5) is 0 Å². The molecular weight excluding hydrogens is 252 g/mol. The van der Waals surface area contributed by atoms with E-state index in [4.69, 9.17) is 5.73 Å². The van der Waals surface area contributed by atoms with Gasteiger partial charge in [-0.1, -0.05) is 18.6 Å². The van der Waals surface area contributed by atoms with Gasteiger partial charge in [-0.05, 0) is 57.2 Å². The summed E-state index contributed by atoms with van der Waals surface area (Å²) in [5, 5.41) is 0. The molecule has 2 N–H and O–H groups in total. The minimum atomic E-state index is 0.255. The number of rotatable bonds is 3. The van der Waals surface area contributed by atoms with E-state index in [0.29, 0.717) is 12.1 Å². The lowest BCUT2D eigenvalue weighted by Crippen LogP contribution is -2.43. The van der Waals surface area contributed by atoms with E-state index in [1.165, 1.54) is 29.8 Å². The number of benzene rings is 1. The van der Waals surface area contributed by atoms with Gasteiger partial charge in [0.1, 0.15) is 0 Å². The first kappa shape index (κ1) is 14.9. The highest BCUT2D eigenvalue weighted by Gasteiger charge is 2.30. The molecule has 0 spiro atoms. The summed E-state index contributed by atoms with van der Waals surface area (Å²) in [6.45, 7) is 5.73. The minimum Gasteiger partial charge on any atom is -0.326 e. The van der Waals surface area contributed by atoms with Gasteiger partial charge in [-0.3, -0.25) is 4.90 Å². The summed E-state index contributed by atoms with van der Waals surface area (Å²) in [4.78, 5) is 3.90. The molecule has 3 heteroatoms. The van der Waals surface area contributed by atoms with Crippen LogP contribution in [0.1, 0.15) is 44.7 Å². The zero-order valence-corrected chi connectivity index (χ0v) is 13.1. The minimum absolute atomic E-state index is 0.255. The van der Waals surface area contributed by atoms with Crippen LogP contribution in [0.25, 0.3) is 0 Å². The Morgan fingerprint density at radius 1 is 1.21 bits per heavy atom. The van der Waals surface area contributed by atoms with Crippen LogP contribution in [-0.4, -0.2) is 29.8 Å². The van der Waals surface area contributed by atoms with Crippen molar-refractivity contribution in [3.63, 3.8) is 0 Å². The summed E-state index contributed by atoms with van der Waals surface area (Å²) < 4.78 is 0. The second-order valence-corrected chi connectivity index (χ2v) is 6.59. The fraction of sp³-hybridized carbons (Fsp3) is 0.625. The zero-order valence-electron chi connectivity index (χ0n) is 12.3. The van der Waals surface area contributed by atoms with E-state index in [1.807, 2.05) is 0 Å². The van der Waals surface area contributed by atoms with Crippen molar-refractivity contribution >= 4 is 11.8 Å². The maximum atomic E-state index is 6.46. The quantitative estimate of drug-likeness (QED) is 0.855. The lowest BCUT2D eigenvalue weighted by molar-refractivity contribution is 0.144. The molecule has 2 rings (SSSR count). The van der Waals surface area contributed by atoms with Crippen molar-refractivity contribution < 1.29 is 0 Å². The highest BCUT2D eigenvalue weighted by atomic mass is 32.2. The molecular formula is C16H26N2S. The van der Waals surface area contributed by atoms with Gasteiger partial charge in [0, 0.05) is 17.0 Å². The summed E-state index contributed by atoms with van der Waals surface area (Å²) in [6, 6.07) is 10.1. The van der Waals surface area contributed by atoms with E-state index in [9.17, 15) is 0 Å². The Balaban J connectivity index is 2.28. The molecule has 0 amide bonds. The Labute approximate surface area is 121 Å². The van der Waals surface area contributed by atoms with Crippen LogP contribution in [0, 0.1) is 0 Å². The van der Waals surface area contributed by atoms with Gasteiger partial charge in [-0.25, -0.2) is 0 Å². The molecule has 19 heavy (non-hydrogen) atoms. The van der Waals surface area contributed by atoms with E-state index in [1.54, 1.807) is 11.8 Å². The van der Waals surface area contributed by atoms with Gasteiger partial charge < -0.3 is 5.73 Å². The molecule has 1 aromatic carbocycles. The molecule has 2 atom stereocenters. The van der Waals surface area contributed by atoms with Gasteiger partial charge in [0.15, 0.2) is 0 Å². The zero-order chi connectivity index (χ0) is 13.8. The Bertz CT molecular complexity index is 388. The predicted octanol–water partition coefficient (Wildman–Crippen LogP) is 3.67. The number of hydrogen-bond donors (Lipinski definition) is 1. The van der Waals surface area contributed by atoms with E-state index in [-0.39, 0.29) is 6.04 Å². The van der Waals surface area contributed by atoms with Crippen molar-refractivity contribution in [1.29, 1.82) is 0 Å². The Hall–Kier alpha value is -0.510. The highest BCUT2D eigenvalue weighted by Crippen LogP contribution is 2.31. The van der Waals surface area contributed by atoms with Crippen LogP contribution < -0.4 is 5.73 Å². The number of nitrogens with zero attached hydrogens (tertiary/aromatic N) is 1. The van der Waals surface area contributed by atoms with Gasteiger partial charge in [0.05, 0.1) is 6.04 Å². The molecule has 0 radical (unpaired) electrons. The number of hydrogen-bond acceptors (Lipinski definition) is 3. The Morgan fingerprint density at radius 3 is 2.47 bits per heavy atom. The highest BCUT2D eigenvalue weighted by molar-refractivity contribution is 7.98. The van der Waals surface area contributed by atoms with Crippen molar-refractivity contribution in [2.24, 2.45) is 5.73 Å². The normalized spacial score (nSPS) is 25.5. The maximum Gasteiger partial charge on any atom is 0.0501 e. The summed E-state index contributed by atoms with van der Waals surface area (Å²) in [5.74, 6) is 0. The predicted molar refractivity (Wildman–Crippen MR) is 84.6 cm³/mol. The molecule has 2 unspecified atom stereocenters. The standard InChI is InChI=1S/C16H26N2S/c1-12(2)18-11-5-4-6-15(17)16(18)13-7-9-14(19-3)10-8-13/h7-10,12,15-16H,4-6,11,17H2,1-3H3. The molecule has 106 valence electrons. The summed E-state index contributed by atoms with van der Waals surface area (Å²) in [5.41, 5.74) is 7.84. The van der Waals surface area contributed by atoms with Gasteiger partial charge in [-0.2, -0.15) is 0 Å². The van der Waals surface area contributed by atoms with Crippen molar-refractivity contribution in [3.05, 3.63) is 29.8 Å². The van der Waals surface area contributed by atoms with Gasteiger partial charge in [-0.15, -0.1) is 11.8 Å². The van der Waals surface area contributed by atoms with E-state index in [0.717, 1.165) is 6.42 Å². The van der Waals surface area contributed by atoms with Gasteiger partial charge in [0.25, 0.3) is 0 Å². The molecule has 1 fully saturated rings. The number of nitrogens with two attached hydrogens (primary N) is 1. The van der Waals surface area contributed by atoms with Gasteiger partial charge >= 0.3 is 0 Å². The Kier molecular flexibility index (Phi) is 5.31. The second kappa shape index (κ2) is 6.78. The van der Waals surface area contributed by atoms with Crippen molar-refractivity contribution in [3.8, 4) is 0 Å². The lowest BCUT2D eigenvalue weighted by Gasteiger charge is -2.36. The van der Waals surface area contributed by atoms with Crippen LogP contribution in [-0.2, 0) is 0 Å². The molecule has 0 aliphatic carbocycles. The summed E-state index contributed by atoms with van der Waals surface area (Å²) in [6.07, 6.45) is 5.78. The topological polar surface area (TPSA) is 29.3 Å². The third-order valence-corrected chi connectivity index (χ3v) is 4.83. The number of thioether (sulfide) groups is 1. The monoisotopic (exact) mass is 278 g/mol. The average molecular weight is 278 g/mol. The van der Waals surface area contributed by atoms with Gasteiger partial charge in [0.2, 0.25) is 0 Å². The second-order valence-electron chi connectivity index (χ2n) is 5.71. The Morgan fingerprint density at radius 2 is 1.89 bits per heavy atom. The van der Waals surface area contributed by atoms with Crippen LogP contribution >= 0.6 is 11.8 Å². The molecule has 1 aliphatic heterocycles. The van der Waals surface area contributed by atoms with Crippen molar-refractivity contribution in [1.82, 2.24) is 4.90 Å². The smallest absolute Gasteiger partial charge is 0.0501 e. The molecule has 0 saturated carbocycles. The molecule has 0 aromatic heterocycles. The van der Waals surface area contributed by atoms with Crippen LogP contribution in [0.2, 0.25) is 0 Å². The first-order chi connectivity index (χ1) is 9.13. The van der Waals surface area contributed by atoms with Crippen LogP contribution in [0.5, 0.6) is 0 Å². The first-order valence-electron chi connectivity index (χ1n) is 7.28. The van der Waals surface area contributed by atoms with E-state index < -0.39 is 0 Å². The lowest BCUT2D eigenvalue weighted by atomic mass is 9.95. The van der Waals surface area contributed by atoms with Crippen LogP contribution in [0.3, 0.4) is 0 Å². The summed E-state index contributed by atoms with van der Waals surface area (Å²) in [7, 11) is 0. The van der Waals surface area contributed by atoms with Crippen LogP contribution in [0.15, 0.2) is 29.2 Å². The average Bonchev–Trinajstić information content (AvgIpc) is 2.61. The third-order valence-electron chi connectivity index (χ3n) is 4.09. The maximum absolute atomic E-state index is 6.46. The van der Waals surface area contributed by atoms with E-state index >= 15 is 0 Å². The molecule has 1 aromatic rings. The van der Waals surface area contributed by atoms with E-state index in [2.05, 4.69) is 49.3 Å². The van der Waals surface area contributed by atoms with Crippen molar-refractivity contribution in [2.45, 2.75) is 56.1 Å². The molecule has 1 saturated heterocycles. The molecule has 2 nitrogen and oxygen atoms in total. The third kappa shape index (κ3) is 3.53. The first-order valence-corrected chi connectivity index (χ1v) is 8.51. The molecule has 1 aliphatic rings.